The predicted octanol–water partition coefficient (Wildman–Crippen LogP) is 3.25. The van der Waals surface area contributed by atoms with E-state index in [1.807, 2.05) is 19.1 Å². The number of carbonyl (C=O) groups is 3. The molecule has 0 spiro atoms. The number of benzene rings is 1. The Morgan fingerprint density at radius 3 is 2.62 bits per heavy atom. The summed E-state index contributed by atoms with van der Waals surface area (Å²) in [5.74, 6) is -0.535. The van der Waals surface area contributed by atoms with Crippen LogP contribution in [-0.4, -0.2) is 33.7 Å². The van der Waals surface area contributed by atoms with Gasteiger partial charge >= 0.3 is 0 Å². The van der Waals surface area contributed by atoms with Crippen molar-refractivity contribution in [2.75, 3.05) is 11.9 Å². The van der Waals surface area contributed by atoms with E-state index in [0.29, 0.717) is 12.2 Å². The smallest absolute Gasteiger partial charge is 0.289 e. The van der Waals surface area contributed by atoms with E-state index in [1.165, 1.54) is 4.90 Å². The largest absolute Gasteiger partial charge is 0.326 e. The molecule has 1 aliphatic rings. The quantitative estimate of drug-likeness (QED) is 0.863. The minimum absolute atomic E-state index is 0.00547. The van der Waals surface area contributed by atoms with Crippen molar-refractivity contribution < 1.29 is 14.4 Å². The summed E-state index contributed by atoms with van der Waals surface area (Å²) in [6.07, 6.45) is 0.724. The van der Waals surface area contributed by atoms with Crippen molar-refractivity contribution in [1.82, 2.24) is 4.90 Å². The van der Waals surface area contributed by atoms with Crippen LogP contribution in [0.25, 0.3) is 0 Å². The van der Waals surface area contributed by atoms with Crippen LogP contribution in [0.4, 0.5) is 10.5 Å². The topological polar surface area (TPSA) is 66.5 Å². The molecule has 1 N–H and O–H groups in total. The first kappa shape index (κ1) is 16.0. The molecule has 1 saturated heterocycles. The number of nitrogens with one attached hydrogen (secondary N) is 1. The number of hydrogen-bond acceptors (Lipinski definition) is 4. The van der Waals surface area contributed by atoms with Gasteiger partial charge in [0.2, 0.25) is 11.8 Å². The Morgan fingerprint density at radius 2 is 2.00 bits per heavy atom. The average Bonchev–Trinajstić information content (AvgIpc) is 2.69. The number of rotatable bonds is 5. The van der Waals surface area contributed by atoms with Crippen molar-refractivity contribution in [2.24, 2.45) is 0 Å². The Bertz CT molecular complexity index is 562. The first-order valence-corrected chi connectivity index (χ1v) is 8.26. The second-order valence-electron chi connectivity index (χ2n) is 4.62. The molecule has 1 fully saturated rings. The number of anilines is 1. The Morgan fingerprint density at radius 1 is 1.33 bits per heavy atom. The highest BCUT2D eigenvalue weighted by molar-refractivity contribution is 9.10. The highest BCUT2D eigenvalue weighted by Gasteiger charge is 2.39. The van der Waals surface area contributed by atoms with Crippen LogP contribution in [0.1, 0.15) is 19.8 Å². The van der Waals surface area contributed by atoms with Gasteiger partial charge in [0, 0.05) is 23.1 Å². The fourth-order valence-electron chi connectivity index (χ4n) is 1.97. The van der Waals surface area contributed by atoms with Gasteiger partial charge in [0.15, 0.2) is 0 Å². The molecule has 1 heterocycles. The molecule has 0 unspecified atom stereocenters. The number of carbonyl (C=O) groups excluding carboxylic acids is 3. The summed E-state index contributed by atoms with van der Waals surface area (Å²) in [6.45, 7) is 2.31. The highest BCUT2D eigenvalue weighted by atomic mass is 79.9. The van der Waals surface area contributed by atoms with E-state index in [-0.39, 0.29) is 23.5 Å². The van der Waals surface area contributed by atoms with Crippen LogP contribution in [0, 0.1) is 0 Å². The van der Waals surface area contributed by atoms with Crippen molar-refractivity contribution in [2.45, 2.75) is 25.0 Å². The average molecular weight is 371 g/mol. The minimum Gasteiger partial charge on any atom is -0.326 e. The molecule has 1 aromatic rings. The third kappa shape index (κ3) is 4.07. The zero-order chi connectivity index (χ0) is 15.4. The van der Waals surface area contributed by atoms with Crippen LogP contribution in [0.3, 0.4) is 0 Å². The number of thioether (sulfide) groups is 1. The van der Waals surface area contributed by atoms with E-state index in [0.717, 1.165) is 22.7 Å². The summed E-state index contributed by atoms with van der Waals surface area (Å²) >= 11 is 4.25. The summed E-state index contributed by atoms with van der Waals surface area (Å²) in [7, 11) is 0. The molecule has 3 amide bonds. The predicted molar refractivity (Wildman–Crippen MR) is 86.2 cm³/mol. The third-order valence-corrected chi connectivity index (χ3v) is 4.55. The van der Waals surface area contributed by atoms with Gasteiger partial charge in [-0.2, -0.15) is 0 Å². The maximum atomic E-state index is 12.0. The second kappa shape index (κ2) is 7.09. The van der Waals surface area contributed by atoms with Crippen LogP contribution in [0.5, 0.6) is 0 Å². The van der Waals surface area contributed by atoms with Gasteiger partial charge in [-0.15, -0.1) is 0 Å². The molecule has 0 bridgehead atoms. The molecule has 5 nitrogen and oxygen atoms in total. The first-order valence-electron chi connectivity index (χ1n) is 6.58. The molecule has 0 aliphatic carbocycles. The summed E-state index contributed by atoms with van der Waals surface area (Å²) < 4.78 is 0.919. The van der Waals surface area contributed by atoms with Gasteiger partial charge in [0.25, 0.3) is 5.24 Å². The van der Waals surface area contributed by atoms with Crippen molar-refractivity contribution in [3.63, 3.8) is 0 Å². The van der Waals surface area contributed by atoms with Gasteiger partial charge in [0.1, 0.15) is 5.25 Å². The van der Waals surface area contributed by atoms with Gasteiger partial charge in [0.05, 0.1) is 0 Å². The van der Waals surface area contributed by atoms with Crippen LogP contribution >= 0.6 is 27.7 Å². The Labute approximate surface area is 135 Å². The number of imide groups is 1. The first-order chi connectivity index (χ1) is 10.0. The van der Waals surface area contributed by atoms with Crippen LogP contribution in [0.15, 0.2) is 28.7 Å². The normalized spacial score (nSPS) is 18.2. The Kier molecular flexibility index (Phi) is 5.41. The van der Waals surface area contributed by atoms with Gasteiger partial charge in [-0.3, -0.25) is 19.3 Å². The van der Waals surface area contributed by atoms with Crippen molar-refractivity contribution in [1.29, 1.82) is 0 Å². The number of halogens is 1. The van der Waals surface area contributed by atoms with Gasteiger partial charge in [-0.25, -0.2) is 0 Å². The molecule has 0 radical (unpaired) electrons. The van der Waals surface area contributed by atoms with E-state index < -0.39 is 5.25 Å². The standard InChI is InChI=1S/C14H15BrN2O3S/c1-2-7-17-13(19)11(21-14(17)20)8-12(18)16-10-5-3-9(15)4-6-10/h3-6,11H,2,7-8H2,1H3,(H,16,18)/t11-/m1/s1. The molecule has 0 saturated carbocycles. The summed E-state index contributed by atoms with van der Waals surface area (Å²) in [5.41, 5.74) is 0.662. The summed E-state index contributed by atoms with van der Waals surface area (Å²) in [4.78, 5) is 36.9. The molecule has 112 valence electrons. The lowest BCUT2D eigenvalue weighted by atomic mass is 10.2. The lowest BCUT2D eigenvalue weighted by Crippen LogP contribution is -2.33. The van der Waals surface area contributed by atoms with Crippen molar-refractivity contribution >= 4 is 50.4 Å². The third-order valence-electron chi connectivity index (χ3n) is 2.95. The zero-order valence-electron chi connectivity index (χ0n) is 11.5. The molecular formula is C14H15BrN2O3S. The van der Waals surface area contributed by atoms with Crippen LogP contribution in [0.2, 0.25) is 0 Å². The number of amides is 3. The van der Waals surface area contributed by atoms with E-state index in [2.05, 4.69) is 21.2 Å². The molecule has 0 aromatic heterocycles. The number of hydrogen-bond donors (Lipinski definition) is 1. The van der Waals surface area contributed by atoms with Gasteiger partial charge in [-0.05, 0) is 30.7 Å². The van der Waals surface area contributed by atoms with Crippen molar-refractivity contribution in [3.05, 3.63) is 28.7 Å². The Balaban J connectivity index is 1.92. The SMILES string of the molecule is CCCN1C(=O)S[C@H](CC(=O)Nc2ccc(Br)cc2)C1=O. The second-order valence-corrected chi connectivity index (χ2v) is 6.69. The van der Waals surface area contributed by atoms with E-state index in [1.54, 1.807) is 12.1 Å². The molecule has 1 aliphatic heterocycles. The zero-order valence-corrected chi connectivity index (χ0v) is 13.9. The van der Waals surface area contributed by atoms with E-state index in [9.17, 15) is 14.4 Å². The lowest BCUT2D eigenvalue weighted by molar-refractivity contribution is -0.128. The Hall–Kier alpha value is -1.34. The van der Waals surface area contributed by atoms with E-state index in [4.69, 9.17) is 0 Å². The molecule has 2 rings (SSSR count). The summed E-state index contributed by atoms with van der Waals surface area (Å²) in [6, 6.07) is 7.16. The van der Waals surface area contributed by atoms with Gasteiger partial charge in [-0.1, -0.05) is 34.6 Å². The van der Waals surface area contributed by atoms with Gasteiger partial charge < -0.3 is 5.32 Å². The van der Waals surface area contributed by atoms with E-state index >= 15 is 0 Å². The molecule has 1 atom stereocenters. The fraction of sp³-hybridized carbons (Fsp3) is 0.357. The summed E-state index contributed by atoms with van der Waals surface area (Å²) in [5, 5.41) is 1.85. The number of nitrogens with zero attached hydrogens (tertiary/aromatic N) is 1. The molecule has 21 heavy (non-hydrogen) atoms. The molecule has 1 aromatic carbocycles. The monoisotopic (exact) mass is 370 g/mol. The minimum atomic E-state index is -0.612. The fourth-order valence-corrected chi connectivity index (χ4v) is 3.25. The van der Waals surface area contributed by atoms with Crippen molar-refractivity contribution in [3.8, 4) is 0 Å². The van der Waals surface area contributed by atoms with Crippen LogP contribution in [-0.2, 0) is 9.59 Å². The maximum absolute atomic E-state index is 12.0. The molecule has 7 heteroatoms. The molecular weight excluding hydrogens is 356 g/mol. The maximum Gasteiger partial charge on any atom is 0.289 e. The lowest BCUT2D eigenvalue weighted by Gasteiger charge is -2.12. The highest BCUT2D eigenvalue weighted by Crippen LogP contribution is 2.29. The van der Waals surface area contributed by atoms with Crippen LogP contribution < -0.4 is 5.32 Å².